The number of amides is 5. The number of carbonyl (C=O) groups is 5. The predicted octanol–water partition coefficient (Wildman–Crippen LogP) is 1.82. The van der Waals surface area contributed by atoms with Gasteiger partial charge >= 0.3 is 0 Å². The van der Waals surface area contributed by atoms with Gasteiger partial charge in [0.15, 0.2) is 0 Å². The molecule has 330 valence electrons. The van der Waals surface area contributed by atoms with Crippen molar-refractivity contribution >= 4 is 29.5 Å². The van der Waals surface area contributed by atoms with E-state index in [4.69, 9.17) is 31.9 Å². The molecule has 16 nitrogen and oxygen atoms in total. The van der Waals surface area contributed by atoms with Crippen LogP contribution in [0.25, 0.3) is 11.1 Å². The van der Waals surface area contributed by atoms with Gasteiger partial charge in [-0.2, -0.15) is 5.26 Å². The Morgan fingerprint density at radius 2 is 1.46 bits per heavy atom. The molecule has 3 unspecified atom stereocenters. The number of carbonyl (C=O) groups excluding carboxylic acids is 5. The van der Waals surface area contributed by atoms with Crippen LogP contribution >= 0.6 is 0 Å². The summed E-state index contributed by atoms with van der Waals surface area (Å²) in [7, 11) is 1.42. The minimum absolute atomic E-state index is 0.0180. The number of benzene rings is 4. The lowest BCUT2D eigenvalue weighted by Crippen LogP contribution is -2.55. The van der Waals surface area contributed by atoms with Crippen LogP contribution in [0.15, 0.2) is 84.9 Å². The number of ether oxygens (including phenoxy) is 2. The molecule has 1 aliphatic rings. The van der Waals surface area contributed by atoms with Crippen molar-refractivity contribution in [2.45, 2.75) is 45.3 Å². The smallest absolute Gasteiger partial charge is 0.251 e. The average molecular weight is 858 g/mol. The van der Waals surface area contributed by atoms with E-state index in [9.17, 15) is 24.0 Å². The fourth-order valence-electron chi connectivity index (χ4n) is 6.51. The van der Waals surface area contributed by atoms with Gasteiger partial charge in [-0.05, 0) is 91.7 Å². The van der Waals surface area contributed by atoms with E-state index in [0.29, 0.717) is 50.4 Å². The van der Waals surface area contributed by atoms with Crippen LogP contribution in [0.4, 0.5) is 0 Å². The van der Waals surface area contributed by atoms with Crippen LogP contribution in [-0.2, 0) is 25.6 Å². The van der Waals surface area contributed by atoms with Crippen LogP contribution in [-0.4, -0.2) is 99.5 Å². The number of rotatable bonds is 12. The zero-order chi connectivity index (χ0) is 45.9. The number of nitriles is 1. The minimum atomic E-state index is -1.33. The fraction of sp³-hybridized carbons (Fsp3) is 0.319. The topological polar surface area (TPSA) is 257 Å². The monoisotopic (exact) mass is 857 g/mol. The zero-order valence-electron chi connectivity index (χ0n) is 36.0. The standard InChI is InChI=1S/C45H48N8O7.C2H7N/c1-28-23-31(10-9-30-7-5-4-6-8-30)11-14-34(28)43(56)50-27-40(54)53(3)41-33-13-16-39(60-22-19-48)36(26-33)35-24-32(12-15-38(35)59-21-18-47)25-37(44(57)49-20-17-46)52-42(55)29(2)51-45(41)58;1-2-3/h4-8,11-16,23-24,26,29,37,41H,18-22,25,27,47-48H2,1-3H3,(H,49,57)(H,50,56)(H,51,58)(H,52,55);2-3H2,1H3. The summed E-state index contributed by atoms with van der Waals surface area (Å²) in [6.07, 6.45) is 0.0180. The third-order valence-electron chi connectivity index (χ3n) is 9.60. The van der Waals surface area contributed by atoms with Gasteiger partial charge in [0.25, 0.3) is 5.91 Å². The van der Waals surface area contributed by atoms with E-state index in [1.165, 1.54) is 18.9 Å². The van der Waals surface area contributed by atoms with Gasteiger partial charge in [-0.25, -0.2) is 0 Å². The Labute approximate surface area is 367 Å². The highest BCUT2D eigenvalue weighted by Crippen LogP contribution is 2.40. The largest absolute Gasteiger partial charge is 0.492 e. The van der Waals surface area contributed by atoms with Crippen molar-refractivity contribution < 1.29 is 33.4 Å². The fourth-order valence-corrected chi connectivity index (χ4v) is 6.51. The summed E-state index contributed by atoms with van der Waals surface area (Å²) >= 11 is 0. The van der Waals surface area contributed by atoms with Crippen molar-refractivity contribution in [1.29, 1.82) is 5.26 Å². The lowest BCUT2D eigenvalue weighted by Gasteiger charge is -2.30. The molecule has 5 amide bonds. The van der Waals surface area contributed by atoms with E-state index >= 15 is 0 Å². The Balaban J connectivity index is 0.00000282. The molecule has 0 saturated carbocycles. The number of nitrogens with one attached hydrogen (secondary N) is 4. The molecule has 4 bridgehead atoms. The summed E-state index contributed by atoms with van der Waals surface area (Å²) in [5.74, 6) is 3.87. The maximum absolute atomic E-state index is 14.3. The van der Waals surface area contributed by atoms with E-state index < -0.39 is 54.2 Å². The maximum atomic E-state index is 14.3. The highest BCUT2D eigenvalue weighted by molar-refractivity contribution is 5.99. The molecule has 10 N–H and O–H groups in total. The molecule has 0 radical (unpaired) electrons. The van der Waals surface area contributed by atoms with E-state index in [2.05, 4.69) is 33.1 Å². The summed E-state index contributed by atoms with van der Waals surface area (Å²) < 4.78 is 12.1. The van der Waals surface area contributed by atoms with Crippen LogP contribution in [0.3, 0.4) is 0 Å². The maximum Gasteiger partial charge on any atom is 0.251 e. The number of hydrogen-bond acceptors (Lipinski definition) is 11. The summed E-state index contributed by atoms with van der Waals surface area (Å²) in [6, 6.07) is 23.1. The van der Waals surface area contributed by atoms with Crippen LogP contribution in [0.1, 0.15) is 58.1 Å². The van der Waals surface area contributed by atoms with Crippen LogP contribution in [0, 0.1) is 30.1 Å². The SMILES string of the molecule is CCN.Cc1cc(C#Cc2ccccc2)ccc1C(=O)NCC(=O)N(C)C1C(=O)NC(C)C(=O)NC(C(=O)NCC#N)Cc2ccc(OCCN)c(c2)-c2cc1ccc2OCCN. The molecule has 1 aliphatic heterocycles. The molecular weight excluding hydrogens is 803 g/mol. The lowest BCUT2D eigenvalue weighted by molar-refractivity contribution is -0.139. The molecule has 0 saturated heterocycles. The van der Waals surface area contributed by atoms with Crippen molar-refractivity contribution in [1.82, 2.24) is 26.2 Å². The number of aryl methyl sites for hydroxylation is 1. The molecular formula is C47H55N9O7. The Hall–Kier alpha value is -7.24. The Morgan fingerprint density at radius 3 is 2.10 bits per heavy atom. The second-order valence-electron chi connectivity index (χ2n) is 14.4. The average Bonchev–Trinajstić information content (AvgIpc) is 3.28. The van der Waals surface area contributed by atoms with Crippen molar-refractivity contribution in [2.75, 3.05) is 53.0 Å². The highest BCUT2D eigenvalue weighted by atomic mass is 16.5. The van der Waals surface area contributed by atoms with Gasteiger partial charge in [0.1, 0.15) is 49.4 Å². The Morgan fingerprint density at radius 1 is 0.825 bits per heavy atom. The first kappa shape index (κ1) is 48.4. The summed E-state index contributed by atoms with van der Waals surface area (Å²) in [5, 5.41) is 19.7. The molecule has 4 aromatic carbocycles. The number of fused-ring (bicyclic) bond motifs is 5. The van der Waals surface area contributed by atoms with Crippen LogP contribution in [0.2, 0.25) is 0 Å². The predicted molar refractivity (Wildman–Crippen MR) is 239 cm³/mol. The quantitative estimate of drug-likeness (QED) is 0.0799. The summed E-state index contributed by atoms with van der Waals surface area (Å²) in [6.45, 7) is 5.85. The van der Waals surface area contributed by atoms with E-state index in [1.807, 2.05) is 43.3 Å². The van der Waals surface area contributed by atoms with E-state index in [1.54, 1.807) is 61.5 Å². The second kappa shape index (κ2) is 24.3. The summed E-state index contributed by atoms with van der Waals surface area (Å²) in [5.41, 5.74) is 21.0. The molecule has 5 rings (SSSR count). The highest BCUT2D eigenvalue weighted by Gasteiger charge is 2.33. The molecule has 1 heterocycles. The number of likely N-dealkylation sites (N-methyl/N-ethyl adjacent to an activating group) is 1. The van der Waals surface area contributed by atoms with E-state index in [0.717, 1.165) is 12.1 Å². The van der Waals surface area contributed by atoms with Crippen molar-refractivity contribution in [3.8, 4) is 40.5 Å². The van der Waals surface area contributed by atoms with Crippen LogP contribution < -0.4 is 47.9 Å². The first-order valence-corrected chi connectivity index (χ1v) is 20.5. The van der Waals surface area contributed by atoms with Crippen molar-refractivity contribution in [2.24, 2.45) is 17.2 Å². The Kier molecular flexibility index (Phi) is 18.7. The third kappa shape index (κ3) is 13.6. The number of nitrogens with zero attached hydrogens (tertiary/aromatic N) is 2. The first-order chi connectivity index (χ1) is 30.3. The van der Waals surface area contributed by atoms with Gasteiger partial charge in [0.05, 0.1) is 12.6 Å². The zero-order valence-corrected chi connectivity index (χ0v) is 36.0. The molecule has 16 heteroatoms. The van der Waals surface area contributed by atoms with Gasteiger partial charge in [-0.3, -0.25) is 24.0 Å². The third-order valence-corrected chi connectivity index (χ3v) is 9.60. The molecule has 3 atom stereocenters. The van der Waals surface area contributed by atoms with Crippen molar-refractivity contribution in [3.05, 3.63) is 118 Å². The summed E-state index contributed by atoms with van der Waals surface area (Å²) in [4.78, 5) is 69.6. The molecule has 63 heavy (non-hydrogen) atoms. The Bertz CT molecular complexity index is 2350. The molecule has 0 fully saturated rings. The van der Waals surface area contributed by atoms with Gasteiger partial charge in [0, 0.05) is 54.4 Å². The van der Waals surface area contributed by atoms with Crippen molar-refractivity contribution in [3.63, 3.8) is 0 Å². The normalized spacial score (nSPS) is 15.5. The molecule has 0 aromatic heterocycles. The number of hydrogen-bond donors (Lipinski definition) is 7. The van der Waals surface area contributed by atoms with Gasteiger partial charge < -0.3 is 52.8 Å². The first-order valence-electron chi connectivity index (χ1n) is 20.5. The van der Waals surface area contributed by atoms with E-state index in [-0.39, 0.29) is 39.3 Å². The number of nitrogens with two attached hydrogens (primary N) is 3. The van der Waals surface area contributed by atoms with Gasteiger partial charge in [0.2, 0.25) is 23.6 Å². The molecule has 0 spiro atoms. The second-order valence-corrected chi connectivity index (χ2v) is 14.4. The lowest BCUT2D eigenvalue weighted by atomic mass is 9.93. The van der Waals surface area contributed by atoms with Crippen LogP contribution in [0.5, 0.6) is 11.5 Å². The molecule has 0 aliphatic carbocycles. The van der Waals surface area contributed by atoms with Gasteiger partial charge in [-0.1, -0.05) is 49.1 Å². The van der Waals surface area contributed by atoms with Gasteiger partial charge in [-0.15, -0.1) is 0 Å². The minimum Gasteiger partial charge on any atom is -0.492 e. The molecule has 4 aromatic rings.